The van der Waals surface area contributed by atoms with Gasteiger partial charge in [-0.25, -0.2) is 4.79 Å². The van der Waals surface area contributed by atoms with Crippen molar-refractivity contribution in [2.45, 2.75) is 0 Å². The van der Waals surface area contributed by atoms with Crippen LogP contribution < -0.4 is 5.32 Å². The molecule has 2 rings (SSSR count). The van der Waals surface area contributed by atoms with Crippen LogP contribution in [0.4, 0.5) is 5.69 Å². The number of carboxylic acids is 1. The predicted molar refractivity (Wildman–Crippen MR) is 55.5 cm³/mol. The third-order valence-corrected chi connectivity index (χ3v) is 1.95. The van der Waals surface area contributed by atoms with Crippen molar-refractivity contribution in [1.29, 1.82) is 0 Å². The Kier molecular flexibility index (Phi) is 2.77. The summed E-state index contributed by atoms with van der Waals surface area (Å²) in [4.78, 5) is 26.2. The van der Waals surface area contributed by atoms with Crippen LogP contribution >= 0.6 is 0 Å². The summed E-state index contributed by atoms with van der Waals surface area (Å²) in [5.41, 5.74) is 0.120. The molecule has 0 fully saturated rings. The second-order valence-corrected chi connectivity index (χ2v) is 3.04. The normalized spacial score (nSPS) is 9.88. The van der Waals surface area contributed by atoms with Crippen LogP contribution in [0.2, 0.25) is 0 Å². The quantitative estimate of drug-likeness (QED) is 0.693. The Morgan fingerprint density at radius 3 is 2.82 bits per heavy atom. The molecule has 2 aromatic heterocycles. The number of aromatic amines is 1. The second-order valence-electron chi connectivity index (χ2n) is 3.04. The maximum absolute atomic E-state index is 11.6. The first-order chi connectivity index (χ1) is 8.18. The number of H-pyrrole nitrogens is 1. The molecule has 8 nitrogen and oxygen atoms in total. The minimum absolute atomic E-state index is 0.0446. The van der Waals surface area contributed by atoms with Gasteiger partial charge < -0.3 is 10.4 Å². The summed E-state index contributed by atoms with van der Waals surface area (Å²) in [6, 6.07) is 1.29. The number of nitrogens with zero attached hydrogens (tertiary/aromatic N) is 3. The minimum atomic E-state index is -1.15. The standard InChI is InChI=1S/C9H7N5O3/c15-8(7-4-11-14-13-7)12-6-3-10-2-1-5(6)9(16)17/h1-4H,(H,12,15)(H,16,17)(H,11,13,14). The highest BCUT2D eigenvalue weighted by Crippen LogP contribution is 2.13. The van der Waals surface area contributed by atoms with E-state index in [0.717, 1.165) is 0 Å². The number of carbonyl (C=O) groups is 2. The number of hydrogen-bond donors (Lipinski definition) is 3. The Morgan fingerprint density at radius 2 is 2.18 bits per heavy atom. The van der Waals surface area contributed by atoms with E-state index in [1.807, 2.05) is 0 Å². The number of anilines is 1. The number of rotatable bonds is 3. The fourth-order valence-corrected chi connectivity index (χ4v) is 1.18. The summed E-state index contributed by atoms with van der Waals surface area (Å²) in [6.45, 7) is 0. The molecule has 0 saturated carbocycles. The Labute approximate surface area is 94.7 Å². The first kappa shape index (κ1) is 10.7. The molecule has 0 aliphatic heterocycles. The Morgan fingerprint density at radius 1 is 1.35 bits per heavy atom. The number of carboxylic acid groups (broad SMARTS) is 1. The predicted octanol–water partition coefficient (Wildman–Crippen LogP) is 0.150. The van der Waals surface area contributed by atoms with E-state index < -0.39 is 11.9 Å². The Hall–Kier alpha value is -2.77. The molecule has 1 amide bonds. The SMILES string of the molecule is O=C(Nc1cnccc1C(=O)O)c1cn[nH]n1. The van der Waals surface area contributed by atoms with Gasteiger partial charge >= 0.3 is 5.97 Å². The molecule has 0 bridgehead atoms. The summed E-state index contributed by atoms with van der Waals surface area (Å²) < 4.78 is 0. The van der Waals surface area contributed by atoms with Crippen molar-refractivity contribution in [2.75, 3.05) is 5.32 Å². The molecule has 0 saturated heterocycles. The number of aromatic carboxylic acids is 1. The highest BCUT2D eigenvalue weighted by atomic mass is 16.4. The van der Waals surface area contributed by atoms with Gasteiger partial charge in [-0.15, -0.1) is 0 Å². The molecule has 8 heteroatoms. The zero-order valence-electron chi connectivity index (χ0n) is 8.41. The lowest BCUT2D eigenvalue weighted by molar-refractivity contribution is 0.0698. The van der Waals surface area contributed by atoms with Crippen LogP contribution in [0.25, 0.3) is 0 Å². The van der Waals surface area contributed by atoms with Crippen LogP contribution in [-0.2, 0) is 0 Å². The fourth-order valence-electron chi connectivity index (χ4n) is 1.18. The van der Waals surface area contributed by atoms with E-state index in [1.165, 1.54) is 24.7 Å². The first-order valence-electron chi connectivity index (χ1n) is 4.53. The van der Waals surface area contributed by atoms with E-state index in [-0.39, 0.29) is 16.9 Å². The minimum Gasteiger partial charge on any atom is -0.478 e. The lowest BCUT2D eigenvalue weighted by atomic mass is 10.2. The van der Waals surface area contributed by atoms with Gasteiger partial charge in [-0.2, -0.15) is 15.4 Å². The Balaban J connectivity index is 2.25. The molecule has 0 aromatic carbocycles. The highest BCUT2D eigenvalue weighted by Gasteiger charge is 2.14. The molecule has 0 unspecified atom stereocenters. The van der Waals surface area contributed by atoms with E-state index >= 15 is 0 Å². The molecule has 0 atom stereocenters. The van der Waals surface area contributed by atoms with E-state index in [1.54, 1.807) is 0 Å². The van der Waals surface area contributed by atoms with Crippen molar-refractivity contribution in [3.63, 3.8) is 0 Å². The number of carbonyl (C=O) groups excluding carboxylic acids is 1. The highest BCUT2D eigenvalue weighted by molar-refractivity contribution is 6.06. The van der Waals surface area contributed by atoms with Crippen molar-refractivity contribution in [1.82, 2.24) is 20.4 Å². The molecule has 0 spiro atoms. The maximum Gasteiger partial charge on any atom is 0.337 e. The summed E-state index contributed by atoms with van der Waals surface area (Å²) in [5, 5.41) is 20.6. The van der Waals surface area contributed by atoms with Gasteiger partial charge in [0.2, 0.25) is 0 Å². The molecule has 17 heavy (non-hydrogen) atoms. The smallest absolute Gasteiger partial charge is 0.337 e. The van der Waals surface area contributed by atoms with Gasteiger partial charge in [-0.05, 0) is 6.07 Å². The van der Waals surface area contributed by atoms with Gasteiger partial charge in [0.25, 0.3) is 5.91 Å². The van der Waals surface area contributed by atoms with E-state index in [9.17, 15) is 9.59 Å². The van der Waals surface area contributed by atoms with Gasteiger partial charge in [0.15, 0.2) is 5.69 Å². The van der Waals surface area contributed by atoms with Gasteiger partial charge in [0.1, 0.15) is 0 Å². The van der Waals surface area contributed by atoms with Crippen LogP contribution in [0.5, 0.6) is 0 Å². The monoisotopic (exact) mass is 233 g/mol. The maximum atomic E-state index is 11.6. The van der Waals surface area contributed by atoms with E-state index in [0.29, 0.717) is 0 Å². The molecule has 0 aliphatic carbocycles. The lowest BCUT2D eigenvalue weighted by Crippen LogP contribution is -2.15. The van der Waals surface area contributed by atoms with Crippen LogP contribution in [0.15, 0.2) is 24.7 Å². The lowest BCUT2D eigenvalue weighted by Gasteiger charge is -2.05. The zero-order valence-corrected chi connectivity index (χ0v) is 8.41. The number of aromatic nitrogens is 4. The molecule has 2 aromatic rings. The van der Waals surface area contributed by atoms with Crippen LogP contribution in [0.3, 0.4) is 0 Å². The average Bonchev–Trinajstić information content (AvgIpc) is 2.83. The van der Waals surface area contributed by atoms with Gasteiger partial charge in [-0.1, -0.05) is 0 Å². The van der Waals surface area contributed by atoms with E-state index in [4.69, 9.17) is 5.11 Å². The summed E-state index contributed by atoms with van der Waals surface area (Å²) in [5.74, 6) is -1.71. The Bertz CT molecular complexity index is 552. The number of nitrogens with one attached hydrogen (secondary N) is 2. The number of amides is 1. The third-order valence-electron chi connectivity index (χ3n) is 1.95. The van der Waals surface area contributed by atoms with Crippen molar-refractivity contribution >= 4 is 17.6 Å². The summed E-state index contributed by atoms with van der Waals surface area (Å²) in [7, 11) is 0. The van der Waals surface area contributed by atoms with Gasteiger partial charge in [0, 0.05) is 6.20 Å². The van der Waals surface area contributed by atoms with Crippen LogP contribution in [0.1, 0.15) is 20.8 Å². The number of pyridine rings is 1. The zero-order chi connectivity index (χ0) is 12.3. The topological polar surface area (TPSA) is 121 Å². The van der Waals surface area contributed by atoms with Crippen molar-refractivity contribution in [3.05, 3.63) is 35.9 Å². The second kappa shape index (κ2) is 4.39. The molecule has 0 aliphatic rings. The van der Waals surface area contributed by atoms with E-state index in [2.05, 4.69) is 25.7 Å². The van der Waals surface area contributed by atoms with Crippen LogP contribution in [0, 0.1) is 0 Å². The third kappa shape index (κ3) is 2.25. The first-order valence-corrected chi connectivity index (χ1v) is 4.53. The molecule has 3 N–H and O–H groups in total. The molecule has 86 valence electrons. The van der Waals surface area contributed by atoms with Gasteiger partial charge in [0.05, 0.1) is 23.6 Å². The van der Waals surface area contributed by atoms with Crippen molar-refractivity contribution < 1.29 is 14.7 Å². The van der Waals surface area contributed by atoms with Crippen molar-refractivity contribution in [2.24, 2.45) is 0 Å². The molecular weight excluding hydrogens is 226 g/mol. The molecule has 0 radical (unpaired) electrons. The molecular formula is C9H7N5O3. The van der Waals surface area contributed by atoms with Crippen molar-refractivity contribution in [3.8, 4) is 0 Å². The fraction of sp³-hybridized carbons (Fsp3) is 0. The largest absolute Gasteiger partial charge is 0.478 e. The molecule has 2 heterocycles. The average molecular weight is 233 g/mol. The van der Waals surface area contributed by atoms with Crippen LogP contribution in [-0.4, -0.2) is 37.4 Å². The van der Waals surface area contributed by atoms with Gasteiger partial charge in [-0.3, -0.25) is 9.78 Å². The summed E-state index contributed by atoms with van der Waals surface area (Å²) in [6.07, 6.45) is 3.81. The number of hydrogen-bond acceptors (Lipinski definition) is 5. The summed E-state index contributed by atoms with van der Waals surface area (Å²) >= 11 is 0.